The van der Waals surface area contributed by atoms with E-state index in [4.69, 9.17) is 0 Å². The number of para-hydroxylation sites is 1. The molecule has 2 heterocycles. The molecule has 2 N–H and O–H groups in total. The number of nitrogens with one attached hydrogen (secondary N) is 2. The molecule has 28 heavy (non-hydrogen) atoms. The van der Waals surface area contributed by atoms with Crippen molar-refractivity contribution in [1.82, 2.24) is 25.2 Å². The van der Waals surface area contributed by atoms with Gasteiger partial charge >= 0.3 is 6.03 Å². The molecule has 4 rings (SSSR count). The fraction of sp³-hybridized carbons (Fsp3) is 0.500. The normalized spacial score (nSPS) is 19.3. The molecule has 0 spiro atoms. The average Bonchev–Trinajstić information content (AvgIpc) is 3.40. The maximum Gasteiger partial charge on any atom is 0.322 e. The number of aryl methyl sites for hydroxylation is 1. The zero-order chi connectivity index (χ0) is 19.3. The van der Waals surface area contributed by atoms with Gasteiger partial charge in [-0.15, -0.1) is 5.10 Å². The summed E-state index contributed by atoms with van der Waals surface area (Å²) >= 11 is 0. The number of nitrogens with zero attached hydrogens (tertiary/aromatic N) is 4. The molecule has 2 aromatic rings. The summed E-state index contributed by atoms with van der Waals surface area (Å²) in [6, 6.07) is 9.93. The predicted molar refractivity (Wildman–Crippen MR) is 105 cm³/mol. The first-order valence-corrected chi connectivity index (χ1v) is 10.0. The minimum atomic E-state index is -0.157. The van der Waals surface area contributed by atoms with Gasteiger partial charge in [-0.2, -0.15) is 0 Å². The maximum absolute atomic E-state index is 12.7. The van der Waals surface area contributed by atoms with Gasteiger partial charge in [0.25, 0.3) is 5.91 Å². The third-order valence-electron chi connectivity index (χ3n) is 5.29. The van der Waals surface area contributed by atoms with E-state index in [2.05, 4.69) is 20.9 Å². The van der Waals surface area contributed by atoms with Crippen LogP contribution in [-0.2, 0) is 6.54 Å². The Morgan fingerprint density at radius 2 is 1.93 bits per heavy atom. The highest BCUT2D eigenvalue weighted by molar-refractivity contribution is 5.92. The standard InChI is InChI=1S/C20H26N6O2/c27-19(21-16-9-10-16)18-14-25(24-23-18)13-11-17-8-4-5-12-26(17)20(28)22-15-6-2-1-3-7-15/h1-3,6-7,14,16-17H,4-5,8-13H2,(H,21,27)(H,22,28). The van der Waals surface area contributed by atoms with Gasteiger partial charge in [-0.1, -0.05) is 23.4 Å². The lowest BCUT2D eigenvalue weighted by Gasteiger charge is -2.35. The number of anilines is 1. The first kappa shape index (κ1) is 18.5. The van der Waals surface area contributed by atoms with Crippen LogP contribution < -0.4 is 10.6 Å². The lowest BCUT2D eigenvalue weighted by molar-refractivity contribution is 0.0946. The quantitative estimate of drug-likeness (QED) is 0.803. The molecule has 1 aromatic heterocycles. The van der Waals surface area contributed by atoms with Crippen LogP contribution in [0.2, 0.25) is 0 Å². The van der Waals surface area contributed by atoms with E-state index in [1.807, 2.05) is 35.2 Å². The number of piperidine rings is 1. The molecule has 1 saturated carbocycles. The Balaban J connectivity index is 1.32. The number of likely N-dealkylation sites (tertiary alicyclic amines) is 1. The summed E-state index contributed by atoms with van der Waals surface area (Å²) in [5.41, 5.74) is 1.16. The van der Waals surface area contributed by atoms with Crippen molar-refractivity contribution in [2.75, 3.05) is 11.9 Å². The Morgan fingerprint density at radius 3 is 2.71 bits per heavy atom. The minimum absolute atomic E-state index is 0.0565. The van der Waals surface area contributed by atoms with Crippen LogP contribution in [0.1, 0.15) is 49.0 Å². The lowest BCUT2D eigenvalue weighted by Crippen LogP contribution is -2.46. The monoisotopic (exact) mass is 382 g/mol. The largest absolute Gasteiger partial charge is 0.348 e. The number of urea groups is 1. The zero-order valence-corrected chi connectivity index (χ0v) is 15.9. The minimum Gasteiger partial charge on any atom is -0.348 e. The summed E-state index contributed by atoms with van der Waals surface area (Å²) in [6.07, 6.45) is 7.68. The van der Waals surface area contributed by atoms with Crippen molar-refractivity contribution >= 4 is 17.6 Å². The molecule has 1 unspecified atom stereocenters. The van der Waals surface area contributed by atoms with Crippen molar-refractivity contribution in [1.29, 1.82) is 0 Å². The Labute approximate surface area is 164 Å². The number of hydrogen-bond donors (Lipinski definition) is 2. The number of benzene rings is 1. The second-order valence-electron chi connectivity index (χ2n) is 7.54. The third-order valence-corrected chi connectivity index (χ3v) is 5.29. The molecule has 1 saturated heterocycles. The van der Waals surface area contributed by atoms with Crippen molar-refractivity contribution < 1.29 is 9.59 Å². The SMILES string of the molecule is O=C(NC1CC1)c1cn(CCC2CCCCN2C(=O)Nc2ccccc2)nn1. The summed E-state index contributed by atoms with van der Waals surface area (Å²) < 4.78 is 1.70. The Kier molecular flexibility index (Phi) is 5.55. The van der Waals surface area contributed by atoms with E-state index in [9.17, 15) is 9.59 Å². The summed E-state index contributed by atoms with van der Waals surface area (Å²) in [5.74, 6) is -0.157. The van der Waals surface area contributed by atoms with E-state index >= 15 is 0 Å². The first-order chi connectivity index (χ1) is 13.7. The van der Waals surface area contributed by atoms with Crippen molar-refractivity contribution in [3.8, 4) is 0 Å². The summed E-state index contributed by atoms with van der Waals surface area (Å²) in [4.78, 5) is 26.7. The number of hydrogen-bond acceptors (Lipinski definition) is 4. The number of carbonyl (C=O) groups excluding carboxylic acids is 2. The van der Waals surface area contributed by atoms with Gasteiger partial charge in [0.15, 0.2) is 5.69 Å². The summed E-state index contributed by atoms with van der Waals surface area (Å²) in [5, 5.41) is 14.0. The molecule has 8 heteroatoms. The van der Waals surface area contributed by atoms with Crippen molar-refractivity contribution in [2.45, 2.75) is 57.2 Å². The van der Waals surface area contributed by atoms with Gasteiger partial charge in [-0.05, 0) is 50.7 Å². The van der Waals surface area contributed by atoms with Gasteiger partial charge in [0.2, 0.25) is 0 Å². The van der Waals surface area contributed by atoms with Gasteiger partial charge < -0.3 is 15.5 Å². The molecule has 2 fully saturated rings. The molecule has 148 valence electrons. The Hall–Kier alpha value is -2.90. The van der Waals surface area contributed by atoms with Crippen LogP contribution in [-0.4, -0.2) is 50.5 Å². The van der Waals surface area contributed by atoms with Crippen LogP contribution in [0.3, 0.4) is 0 Å². The number of rotatable bonds is 6. The van der Waals surface area contributed by atoms with Crippen LogP contribution in [0.4, 0.5) is 10.5 Å². The van der Waals surface area contributed by atoms with Gasteiger partial charge in [0, 0.05) is 30.9 Å². The van der Waals surface area contributed by atoms with Crippen LogP contribution >= 0.6 is 0 Å². The smallest absolute Gasteiger partial charge is 0.322 e. The zero-order valence-electron chi connectivity index (χ0n) is 15.9. The maximum atomic E-state index is 12.7. The molecule has 1 aliphatic heterocycles. The summed E-state index contributed by atoms with van der Waals surface area (Å²) in [7, 11) is 0. The second kappa shape index (κ2) is 8.41. The van der Waals surface area contributed by atoms with E-state index in [1.165, 1.54) is 0 Å². The number of amides is 3. The highest BCUT2D eigenvalue weighted by Gasteiger charge is 2.27. The predicted octanol–water partition coefficient (Wildman–Crippen LogP) is 2.65. The van der Waals surface area contributed by atoms with Gasteiger partial charge in [-0.25, -0.2) is 4.79 Å². The first-order valence-electron chi connectivity index (χ1n) is 10.0. The molecule has 1 atom stereocenters. The van der Waals surface area contributed by atoms with E-state index in [0.717, 1.165) is 50.8 Å². The molecule has 3 amide bonds. The Bertz CT molecular complexity index is 817. The van der Waals surface area contributed by atoms with E-state index in [-0.39, 0.29) is 18.0 Å². The number of aromatic nitrogens is 3. The van der Waals surface area contributed by atoms with Crippen LogP contribution in [0.5, 0.6) is 0 Å². The van der Waals surface area contributed by atoms with Crippen LogP contribution in [0.15, 0.2) is 36.5 Å². The third kappa shape index (κ3) is 4.68. The van der Waals surface area contributed by atoms with Crippen LogP contribution in [0, 0.1) is 0 Å². The molecule has 8 nitrogen and oxygen atoms in total. The van der Waals surface area contributed by atoms with E-state index in [0.29, 0.717) is 18.3 Å². The van der Waals surface area contributed by atoms with Gasteiger partial charge in [0.1, 0.15) is 0 Å². The van der Waals surface area contributed by atoms with Crippen LogP contribution in [0.25, 0.3) is 0 Å². The summed E-state index contributed by atoms with van der Waals surface area (Å²) in [6.45, 7) is 1.39. The fourth-order valence-corrected chi connectivity index (χ4v) is 3.56. The van der Waals surface area contributed by atoms with Gasteiger partial charge in [0.05, 0.1) is 6.20 Å². The van der Waals surface area contributed by atoms with Crippen molar-refractivity contribution in [3.05, 3.63) is 42.2 Å². The molecule has 1 aliphatic carbocycles. The number of carbonyl (C=O) groups is 2. The molecule has 0 bridgehead atoms. The average molecular weight is 382 g/mol. The highest BCUT2D eigenvalue weighted by Crippen LogP contribution is 2.22. The fourth-order valence-electron chi connectivity index (χ4n) is 3.56. The van der Waals surface area contributed by atoms with Crippen molar-refractivity contribution in [2.24, 2.45) is 0 Å². The molecule has 2 aliphatic rings. The second-order valence-corrected chi connectivity index (χ2v) is 7.54. The highest BCUT2D eigenvalue weighted by atomic mass is 16.2. The molecule has 0 radical (unpaired) electrons. The lowest BCUT2D eigenvalue weighted by atomic mass is 10.00. The molecular formula is C20H26N6O2. The molecule has 1 aromatic carbocycles. The van der Waals surface area contributed by atoms with E-state index < -0.39 is 0 Å². The topological polar surface area (TPSA) is 92.2 Å². The van der Waals surface area contributed by atoms with E-state index in [1.54, 1.807) is 10.9 Å². The molecular weight excluding hydrogens is 356 g/mol. The van der Waals surface area contributed by atoms with Crippen molar-refractivity contribution in [3.63, 3.8) is 0 Å². The Morgan fingerprint density at radius 1 is 1.11 bits per heavy atom. The van der Waals surface area contributed by atoms with Gasteiger partial charge in [-0.3, -0.25) is 9.48 Å².